The number of benzene rings is 1. The van der Waals surface area contributed by atoms with E-state index < -0.39 is 29.9 Å². The molecular weight excluding hydrogens is 272 g/mol. The number of hydrogen-bond acceptors (Lipinski definition) is 4. The number of methoxy groups -OCH3 is 1. The largest absolute Gasteiger partial charge is 0.480 e. The van der Waals surface area contributed by atoms with Gasteiger partial charge in [0.05, 0.1) is 6.07 Å². The molecule has 3 atom stereocenters. The van der Waals surface area contributed by atoms with Crippen LogP contribution < -0.4 is 5.32 Å². The van der Waals surface area contributed by atoms with Gasteiger partial charge in [-0.25, -0.2) is 4.79 Å². The normalized spacial score (nSPS) is 14.5. The van der Waals surface area contributed by atoms with Gasteiger partial charge in [-0.15, -0.1) is 0 Å². The van der Waals surface area contributed by atoms with E-state index in [-0.39, 0.29) is 6.42 Å². The first-order chi connectivity index (χ1) is 10.0. The highest BCUT2D eigenvalue weighted by molar-refractivity contribution is 5.87. The summed E-state index contributed by atoms with van der Waals surface area (Å²) in [6.45, 7) is 1.60. The molecule has 0 fully saturated rings. The number of nitrogens with one attached hydrogen (secondary N) is 1. The summed E-state index contributed by atoms with van der Waals surface area (Å²) in [4.78, 5) is 23.4. The lowest BCUT2D eigenvalue weighted by molar-refractivity contribution is -0.145. The van der Waals surface area contributed by atoms with Crippen LogP contribution in [0.3, 0.4) is 0 Å². The molecule has 1 amide bonds. The molecule has 0 bridgehead atoms. The summed E-state index contributed by atoms with van der Waals surface area (Å²) in [6.07, 6.45) is -0.845. The van der Waals surface area contributed by atoms with Gasteiger partial charge in [0, 0.05) is 19.4 Å². The van der Waals surface area contributed by atoms with Gasteiger partial charge in [-0.05, 0) is 5.56 Å². The quantitative estimate of drug-likeness (QED) is 0.792. The average molecular weight is 290 g/mol. The predicted octanol–water partition coefficient (Wildman–Crippen LogP) is 1.49. The molecule has 1 rings (SSSR count). The van der Waals surface area contributed by atoms with Crippen LogP contribution in [0.1, 0.15) is 25.0 Å². The number of carboxylic acids is 1. The van der Waals surface area contributed by atoms with Crippen LogP contribution in [0.5, 0.6) is 0 Å². The molecular formula is C15H18N2O4. The van der Waals surface area contributed by atoms with Crippen LogP contribution in [0.25, 0.3) is 0 Å². The number of rotatable bonds is 7. The lowest BCUT2D eigenvalue weighted by Gasteiger charge is -2.22. The second-order valence-electron chi connectivity index (χ2n) is 4.69. The van der Waals surface area contributed by atoms with E-state index in [9.17, 15) is 14.7 Å². The third-order valence-corrected chi connectivity index (χ3v) is 3.12. The average Bonchev–Trinajstić information content (AvgIpc) is 2.46. The minimum Gasteiger partial charge on any atom is -0.480 e. The maximum absolute atomic E-state index is 12.2. The second-order valence-corrected chi connectivity index (χ2v) is 4.69. The van der Waals surface area contributed by atoms with Crippen LogP contribution in [0.4, 0.5) is 0 Å². The number of amides is 1. The van der Waals surface area contributed by atoms with Crippen LogP contribution in [0.15, 0.2) is 30.3 Å². The van der Waals surface area contributed by atoms with Gasteiger partial charge in [-0.3, -0.25) is 4.79 Å². The van der Waals surface area contributed by atoms with Gasteiger partial charge < -0.3 is 15.2 Å². The van der Waals surface area contributed by atoms with Gasteiger partial charge in [0.15, 0.2) is 6.10 Å². The van der Waals surface area contributed by atoms with Crippen molar-refractivity contribution >= 4 is 11.9 Å². The third-order valence-electron chi connectivity index (χ3n) is 3.12. The second kappa shape index (κ2) is 8.02. The minimum absolute atomic E-state index is 0.0419. The van der Waals surface area contributed by atoms with Crippen molar-refractivity contribution in [1.82, 2.24) is 5.32 Å². The number of nitrogens with zero attached hydrogens (tertiary/aromatic N) is 1. The van der Waals surface area contributed by atoms with Crippen molar-refractivity contribution in [1.29, 1.82) is 5.26 Å². The fourth-order valence-electron chi connectivity index (χ4n) is 1.96. The Morgan fingerprint density at radius 1 is 1.38 bits per heavy atom. The SMILES string of the molecule is CO[C@@H](C(=O)N[C@@H](C(=O)O)[C@@H](C)CC#N)c1ccccc1. The Labute approximate surface area is 123 Å². The van der Waals surface area contributed by atoms with Crippen molar-refractivity contribution in [2.45, 2.75) is 25.5 Å². The molecule has 0 aromatic heterocycles. The van der Waals surface area contributed by atoms with Crippen molar-refractivity contribution in [3.63, 3.8) is 0 Å². The number of ether oxygens (including phenoxy) is 1. The fourth-order valence-corrected chi connectivity index (χ4v) is 1.96. The Morgan fingerprint density at radius 3 is 2.48 bits per heavy atom. The van der Waals surface area contributed by atoms with Gasteiger partial charge in [-0.1, -0.05) is 37.3 Å². The lowest BCUT2D eigenvalue weighted by atomic mass is 9.98. The molecule has 0 unspecified atom stereocenters. The molecule has 0 spiro atoms. The summed E-state index contributed by atoms with van der Waals surface area (Å²) in [5.41, 5.74) is 0.634. The monoisotopic (exact) mass is 290 g/mol. The van der Waals surface area contributed by atoms with Crippen molar-refractivity contribution < 1.29 is 19.4 Å². The fraction of sp³-hybridized carbons (Fsp3) is 0.400. The van der Waals surface area contributed by atoms with Crippen LogP contribution >= 0.6 is 0 Å². The molecule has 0 aliphatic carbocycles. The van der Waals surface area contributed by atoms with E-state index in [1.54, 1.807) is 31.2 Å². The molecule has 0 aliphatic rings. The highest BCUT2D eigenvalue weighted by Gasteiger charge is 2.30. The maximum atomic E-state index is 12.2. The van der Waals surface area contributed by atoms with Gasteiger partial charge in [-0.2, -0.15) is 5.26 Å². The van der Waals surface area contributed by atoms with Gasteiger partial charge in [0.2, 0.25) is 0 Å². The van der Waals surface area contributed by atoms with Crippen molar-refractivity contribution in [3.05, 3.63) is 35.9 Å². The van der Waals surface area contributed by atoms with E-state index in [0.29, 0.717) is 5.56 Å². The maximum Gasteiger partial charge on any atom is 0.326 e. The van der Waals surface area contributed by atoms with E-state index in [0.717, 1.165) is 0 Å². The summed E-state index contributed by atoms with van der Waals surface area (Å²) in [5, 5.41) is 20.3. The Morgan fingerprint density at radius 2 is 2.00 bits per heavy atom. The number of hydrogen-bond donors (Lipinski definition) is 2. The Kier molecular flexibility index (Phi) is 6.37. The molecule has 0 saturated heterocycles. The molecule has 6 nitrogen and oxygen atoms in total. The first kappa shape index (κ1) is 16.7. The molecule has 0 saturated carbocycles. The smallest absolute Gasteiger partial charge is 0.326 e. The van der Waals surface area contributed by atoms with Gasteiger partial charge in [0.25, 0.3) is 5.91 Å². The summed E-state index contributed by atoms with van der Waals surface area (Å²) in [6, 6.07) is 9.57. The molecule has 0 aliphatic heterocycles. The molecule has 2 N–H and O–H groups in total. The van der Waals surface area contributed by atoms with Crippen LogP contribution in [-0.4, -0.2) is 30.1 Å². The van der Waals surface area contributed by atoms with E-state index in [1.165, 1.54) is 7.11 Å². The van der Waals surface area contributed by atoms with E-state index >= 15 is 0 Å². The Bertz CT molecular complexity index is 524. The molecule has 0 radical (unpaired) electrons. The zero-order valence-corrected chi connectivity index (χ0v) is 11.9. The van der Waals surface area contributed by atoms with Crippen molar-refractivity contribution in [2.75, 3.05) is 7.11 Å². The first-order valence-corrected chi connectivity index (χ1v) is 6.49. The molecule has 21 heavy (non-hydrogen) atoms. The highest BCUT2D eigenvalue weighted by Crippen LogP contribution is 2.17. The van der Waals surface area contributed by atoms with E-state index in [1.807, 2.05) is 12.1 Å². The number of nitriles is 1. The summed E-state index contributed by atoms with van der Waals surface area (Å²) < 4.78 is 5.15. The topological polar surface area (TPSA) is 99.4 Å². The molecule has 1 aromatic carbocycles. The van der Waals surface area contributed by atoms with Gasteiger partial charge in [0.1, 0.15) is 6.04 Å². The van der Waals surface area contributed by atoms with Crippen LogP contribution in [0, 0.1) is 17.2 Å². The van der Waals surface area contributed by atoms with Crippen LogP contribution in [0.2, 0.25) is 0 Å². The number of carboxylic acid groups (broad SMARTS) is 1. The minimum atomic E-state index is -1.17. The van der Waals surface area contributed by atoms with E-state index in [2.05, 4.69) is 5.32 Å². The van der Waals surface area contributed by atoms with Crippen LogP contribution in [-0.2, 0) is 14.3 Å². The summed E-state index contributed by atoms with van der Waals surface area (Å²) in [5.74, 6) is -2.21. The highest BCUT2D eigenvalue weighted by atomic mass is 16.5. The molecule has 6 heteroatoms. The molecule has 0 heterocycles. The standard InChI is InChI=1S/C15H18N2O4/c1-10(8-9-16)12(15(19)20)17-14(18)13(21-2)11-6-4-3-5-7-11/h3-7,10,12-13H,8H2,1-2H3,(H,17,18)(H,19,20)/t10-,12+,13+/m0/s1. The van der Waals surface area contributed by atoms with Gasteiger partial charge >= 0.3 is 5.97 Å². The summed E-state index contributed by atoms with van der Waals surface area (Å²) >= 11 is 0. The molecule has 112 valence electrons. The number of aliphatic carboxylic acids is 1. The Hall–Kier alpha value is -2.39. The predicted molar refractivity (Wildman–Crippen MR) is 75.2 cm³/mol. The lowest BCUT2D eigenvalue weighted by Crippen LogP contribution is -2.47. The number of carbonyl (C=O) groups is 2. The van der Waals surface area contributed by atoms with Crippen molar-refractivity contribution in [2.24, 2.45) is 5.92 Å². The van der Waals surface area contributed by atoms with Crippen molar-refractivity contribution in [3.8, 4) is 6.07 Å². The zero-order valence-electron chi connectivity index (χ0n) is 11.9. The third kappa shape index (κ3) is 4.58. The Balaban J connectivity index is 2.85. The molecule has 1 aromatic rings. The summed E-state index contributed by atoms with van der Waals surface area (Å²) in [7, 11) is 1.38. The van der Waals surface area contributed by atoms with E-state index in [4.69, 9.17) is 10.00 Å². The first-order valence-electron chi connectivity index (χ1n) is 6.49. The number of carbonyl (C=O) groups excluding carboxylic acids is 1. The zero-order chi connectivity index (χ0) is 15.8.